The molecular weight excluding hydrogens is 1860 g/mol. The van der Waals surface area contributed by atoms with E-state index in [1.54, 1.807) is 6.07 Å². The Morgan fingerprint density at radius 2 is 0.493 bits per heavy atom. The predicted octanol–water partition coefficient (Wildman–Crippen LogP) is 39.5. The van der Waals surface area contributed by atoms with Gasteiger partial charge in [-0.05, 0) is 380 Å². The monoisotopic (exact) mass is 1950 g/mol. The van der Waals surface area contributed by atoms with Gasteiger partial charge in [0, 0.05) is 44.4 Å². The summed E-state index contributed by atoms with van der Waals surface area (Å²) in [5, 5.41) is 42.6. The Balaban J connectivity index is 0.000000131. The van der Waals surface area contributed by atoms with Gasteiger partial charge >= 0.3 is 15.6 Å². The Hall–Kier alpha value is -18.0. The Morgan fingerprint density at radius 3 is 0.880 bits per heavy atom. The van der Waals surface area contributed by atoms with Crippen molar-refractivity contribution in [3.8, 4) is 28.0 Å². The minimum Gasteiger partial charge on any atom is -0.376 e. The molecule has 0 bridgehead atoms. The Labute approximate surface area is 864 Å². The average Bonchev–Trinajstić information content (AvgIpc) is 1.53. The van der Waals surface area contributed by atoms with Gasteiger partial charge in [0.05, 0.1) is 11.4 Å². The zero-order valence-corrected chi connectivity index (χ0v) is 83.7. The number of nitrogens with zero attached hydrogens (tertiary/aromatic N) is 2. The molecule has 28 aromatic rings. The normalized spacial score (nSPS) is 13.1. The summed E-state index contributed by atoms with van der Waals surface area (Å²) in [6, 6.07) is 171. The van der Waals surface area contributed by atoms with Gasteiger partial charge in [0.25, 0.3) is 0 Å². The molecule has 0 heterocycles. The number of benzene rings is 28. The molecule has 0 spiro atoms. The number of halogens is 3. The van der Waals surface area contributed by atoms with Gasteiger partial charge in [-0.15, -0.1) is 0 Å². The molecule has 0 aromatic heterocycles. The van der Waals surface area contributed by atoms with Gasteiger partial charge in [-0.3, -0.25) is 0 Å². The lowest BCUT2D eigenvalue weighted by Gasteiger charge is -2.28. The van der Waals surface area contributed by atoms with Crippen LogP contribution in [0.1, 0.15) is 66.6 Å². The first-order valence-corrected chi connectivity index (χ1v) is 52.7. The molecule has 2 aliphatic carbocycles. The van der Waals surface area contributed by atoms with Crippen molar-refractivity contribution in [2.24, 2.45) is 0 Å². The molecule has 5 nitrogen and oxygen atoms in total. The number of hydrogen-bond acceptors (Lipinski definition) is 5. The molecule has 0 amide bonds. The standard InChI is InChI=1S/C79H52N2.C41H27F3O3S.C21H16/c1-79(2)75-47-71-65-39-37-57(80(55-35-33-49-17-3-5-21-53(49)41-55)77-31-15-23-51-19-7-9-25-59(51)77)43-67(65)61-27-11-13-29-63(61)69(71)45-73(75)74-46-70-64-30-14-12-28-62(64)68-44-58(38-40-66(68)72(70)48-76(74)79)81(56-36-34-50-18-4-6-22-54(50)42-56)78-32-16-24-52-20-8-10-26-60(52)78;1-22-12-14-28-30(16-22)24-8-4-6-10-26(24)32-18-36-37-19-33-27-11-7-5-9-25(27)31-17-23(47-48(45,46)41(42,43)44)13-15-29(31)35(33)21-39(37)40(2,3)38(36)20-34(28)32;1-2-8-19-14-16(12-13-17(19)6-1)15-20-10-5-9-18-7-3-4-11-21(18)20/h3-48H,1-2H3;4-21H,1-3H3;1-14H,15H2. The maximum atomic E-state index is 13.2. The van der Waals surface area contributed by atoms with E-state index in [9.17, 15) is 21.6 Å². The maximum Gasteiger partial charge on any atom is 0.534 e. The fourth-order valence-corrected chi connectivity index (χ4v) is 25.6. The fourth-order valence-electron chi connectivity index (χ4n) is 25.1. The average molecular weight is 1950 g/mol. The van der Waals surface area contributed by atoms with Crippen LogP contribution < -0.4 is 14.0 Å². The maximum absolute atomic E-state index is 13.2. The minimum absolute atomic E-state index is 0.272. The van der Waals surface area contributed by atoms with E-state index in [0.717, 1.165) is 78.6 Å². The summed E-state index contributed by atoms with van der Waals surface area (Å²) in [7, 11) is -5.82. The van der Waals surface area contributed by atoms with Crippen molar-refractivity contribution in [3.63, 3.8) is 0 Å². The van der Waals surface area contributed by atoms with Crippen LogP contribution in [0.25, 0.3) is 216 Å². The van der Waals surface area contributed by atoms with Gasteiger partial charge in [0.2, 0.25) is 0 Å². The third-order valence-electron chi connectivity index (χ3n) is 32.4. The lowest BCUT2D eigenvalue weighted by Crippen LogP contribution is -2.28. The summed E-state index contributed by atoms with van der Waals surface area (Å²) < 4.78 is 67.7. The van der Waals surface area contributed by atoms with Crippen LogP contribution in [0.5, 0.6) is 5.75 Å². The summed E-state index contributed by atoms with van der Waals surface area (Å²) in [6.07, 6.45) is 0.978. The predicted molar refractivity (Wildman–Crippen MR) is 629 cm³/mol. The van der Waals surface area contributed by atoms with E-state index in [4.69, 9.17) is 0 Å². The van der Waals surface area contributed by atoms with Crippen LogP contribution in [0, 0.1) is 6.92 Å². The van der Waals surface area contributed by atoms with Crippen LogP contribution >= 0.6 is 0 Å². The van der Waals surface area contributed by atoms with Crippen molar-refractivity contribution in [2.45, 2.75) is 57.4 Å². The van der Waals surface area contributed by atoms with Crippen molar-refractivity contribution >= 4 is 238 Å². The van der Waals surface area contributed by atoms with E-state index in [2.05, 4.69) is 479 Å². The number of hydrogen-bond donors (Lipinski definition) is 0. The molecule has 0 atom stereocenters. The summed E-state index contributed by atoms with van der Waals surface area (Å²) in [4.78, 5) is 4.92. The van der Waals surface area contributed by atoms with Gasteiger partial charge in [-0.1, -0.05) is 379 Å². The SMILES string of the molecule is CC1(C)c2cc3c4ccc(N(c5ccc6ccccc6c5)c5cccc6ccccc56)cc4c4ccccc4c3cc2-c2cc3c4ccccc4c4cc(N(c5ccc6ccccc6c5)c5cccc6ccccc56)ccc4c3cc21.Cc1ccc2c(c1)c1ccccc1c1cc3c(cc21)C(C)(C)c1cc2c4ccc(OS(=O)(=O)C(F)(F)F)cc4c4ccccc4c2cc1-3.c1ccc2cc(Cc3cccc4ccccc34)ccc2c1. The first kappa shape index (κ1) is 89.6. The highest BCUT2D eigenvalue weighted by Crippen LogP contribution is 2.58. The Kier molecular flexibility index (Phi) is 20.5. The third kappa shape index (κ3) is 14.4. The van der Waals surface area contributed by atoms with Crippen LogP contribution in [0.2, 0.25) is 0 Å². The van der Waals surface area contributed by atoms with Gasteiger partial charge in [0.1, 0.15) is 5.75 Å². The number of rotatable bonds is 10. The Morgan fingerprint density at radius 1 is 0.227 bits per heavy atom. The zero-order chi connectivity index (χ0) is 101. The van der Waals surface area contributed by atoms with Crippen molar-refractivity contribution in [1.82, 2.24) is 0 Å². The second-order valence-corrected chi connectivity index (χ2v) is 43.2. The van der Waals surface area contributed by atoms with E-state index in [-0.39, 0.29) is 16.6 Å². The van der Waals surface area contributed by atoms with E-state index < -0.39 is 15.6 Å². The van der Waals surface area contributed by atoms with Crippen molar-refractivity contribution in [1.29, 1.82) is 0 Å². The van der Waals surface area contributed by atoms with E-state index in [1.807, 2.05) is 24.3 Å². The van der Waals surface area contributed by atoms with Gasteiger partial charge in [-0.2, -0.15) is 21.6 Å². The molecule has 0 aliphatic heterocycles. The molecule has 0 radical (unpaired) electrons. The van der Waals surface area contributed by atoms with Crippen LogP contribution in [0.15, 0.2) is 473 Å². The van der Waals surface area contributed by atoms with E-state index >= 15 is 0 Å². The highest BCUT2D eigenvalue weighted by molar-refractivity contribution is 7.88. The quantitative estimate of drug-likeness (QED) is 0.0776. The first-order chi connectivity index (χ1) is 73.1. The van der Waals surface area contributed by atoms with E-state index in [0.29, 0.717) is 5.39 Å². The number of aryl methyl sites for hydroxylation is 1. The van der Waals surface area contributed by atoms with Crippen molar-refractivity contribution in [3.05, 3.63) is 512 Å². The molecule has 30 rings (SSSR count). The van der Waals surface area contributed by atoms with Crippen LogP contribution in [0.3, 0.4) is 0 Å². The second-order valence-electron chi connectivity index (χ2n) is 41.6. The molecule has 714 valence electrons. The summed E-state index contributed by atoms with van der Waals surface area (Å²) in [5.74, 6) is -0.389. The molecule has 0 saturated carbocycles. The highest BCUT2D eigenvalue weighted by atomic mass is 32.2. The molecule has 2 aliphatic rings. The smallest absolute Gasteiger partial charge is 0.376 e. The van der Waals surface area contributed by atoms with Gasteiger partial charge in [0.15, 0.2) is 0 Å². The zero-order valence-electron chi connectivity index (χ0n) is 82.9. The molecule has 0 saturated heterocycles. The molecule has 9 heteroatoms. The second kappa shape index (κ2) is 34.3. The van der Waals surface area contributed by atoms with Crippen LogP contribution in [-0.2, 0) is 27.4 Å². The molecule has 150 heavy (non-hydrogen) atoms. The van der Waals surface area contributed by atoms with E-state index in [1.165, 1.54) is 224 Å². The van der Waals surface area contributed by atoms with Gasteiger partial charge < -0.3 is 14.0 Å². The van der Waals surface area contributed by atoms with Crippen LogP contribution in [0.4, 0.5) is 47.3 Å². The third-order valence-corrected chi connectivity index (χ3v) is 33.3. The largest absolute Gasteiger partial charge is 0.534 e. The van der Waals surface area contributed by atoms with Crippen LogP contribution in [-0.4, -0.2) is 13.9 Å². The molecule has 0 N–H and O–H groups in total. The molecular formula is C141H95F3N2O3S. The lowest BCUT2D eigenvalue weighted by molar-refractivity contribution is -0.0500. The van der Waals surface area contributed by atoms with Crippen molar-refractivity contribution < 1.29 is 25.8 Å². The number of fused-ring (bicyclic) bond motifs is 36. The number of alkyl halides is 3. The summed E-state index contributed by atoms with van der Waals surface area (Å²) in [6.45, 7) is 11.5. The highest BCUT2D eigenvalue weighted by Gasteiger charge is 2.49. The summed E-state index contributed by atoms with van der Waals surface area (Å²) in [5.41, 5.74) is 14.7. The minimum atomic E-state index is -5.82. The topological polar surface area (TPSA) is 49.9 Å². The molecule has 0 unspecified atom stereocenters. The fraction of sp³-hybridized carbons (Fsp3) is 0.0638. The molecule has 28 aromatic carbocycles. The lowest BCUT2D eigenvalue weighted by atomic mass is 9.80. The Bertz CT molecular complexity index is 10500. The summed E-state index contributed by atoms with van der Waals surface area (Å²) >= 11 is 0. The number of anilines is 6. The van der Waals surface area contributed by atoms with Gasteiger partial charge in [-0.25, -0.2) is 0 Å². The van der Waals surface area contributed by atoms with Crippen molar-refractivity contribution in [2.75, 3.05) is 9.80 Å². The first-order valence-electron chi connectivity index (χ1n) is 51.3. The molecule has 0 fully saturated rings.